The Labute approximate surface area is 131 Å². The fourth-order valence-corrected chi connectivity index (χ4v) is 3.09. The van der Waals surface area contributed by atoms with Crippen LogP contribution in [0.1, 0.15) is 53.8 Å². The lowest BCUT2D eigenvalue weighted by atomic mass is 10.0. The molecule has 0 nitrogen and oxygen atoms in total. The van der Waals surface area contributed by atoms with Gasteiger partial charge in [-0.2, -0.15) is 0 Å². The standard InChI is InChI=1S/C19H23Br/c1-3-5-15-7-11-17(12-8-15)19(20)18-13-9-16(6-4-2)10-14-18/h7-14,19H,3-6H2,1-2H3. The first kappa shape index (κ1) is 15.3. The Hall–Kier alpha value is -1.08. The molecule has 1 heteroatoms. The fourth-order valence-electron chi connectivity index (χ4n) is 2.48. The fraction of sp³-hybridized carbons (Fsp3) is 0.368. The van der Waals surface area contributed by atoms with Gasteiger partial charge in [-0.25, -0.2) is 0 Å². The molecule has 0 saturated carbocycles. The van der Waals surface area contributed by atoms with Crippen molar-refractivity contribution in [3.8, 4) is 0 Å². The molecule has 0 radical (unpaired) electrons. The molecule has 0 N–H and O–H groups in total. The van der Waals surface area contributed by atoms with Gasteiger partial charge in [0.25, 0.3) is 0 Å². The van der Waals surface area contributed by atoms with Crippen molar-refractivity contribution in [2.75, 3.05) is 0 Å². The Bertz CT molecular complexity index is 461. The summed E-state index contributed by atoms with van der Waals surface area (Å²) in [5.41, 5.74) is 5.50. The number of hydrogen-bond acceptors (Lipinski definition) is 0. The van der Waals surface area contributed by atoms with Gasteiger partial charge in [0.2, 0.25) is 0 Å². The highest BCUT2D eigenvalue weighted by Gasteiger charge is 2.10. The van der Waals surface area contributed by atoms with Crippen LogP contribution in [0.4, 0.5) is 0 Å². The van der Waals surface area contributed by atoms with E-state index < -0.39 is 0 Å². The Balaban J connectivity index is 2.11. The van der Waals surface area contributed by atoms with Crippen LogP contribution in [0.2, 0.25) is 0 Å². The molecule has 20 heavy (non-hydrogen) atoms. The van der Waals surface area contributed by atoms with Crippen LogP contribution in [0.5, 0.6) is 0 Å². The van der Waals surface area contributed by atoms with Crippen LogP contribution in [0, 0.1) is 0 Å². The zero-order valence-corrected chi connectivity index (χ0v) is 14.0. The van der Waals surface area contributed by atoms with Crippen molar-refractivity contribution in [2.24, 2.45) is 0 Å². The van der Waals surface area contributed by atoms with Crippen molar-refractivity contribution in [3.05, 3.63) is 70.8 Å². The highest BCUT2D eigenvalue weighted by molar-refractivity contribution is 9.09. The summed E-state index contributed by atoms with van der Waals surface area (Å²) < 4.78 is 0. The average Bonchev–Trinajstić information content (AvgIpc) is 2.49. The van der Waals surface area contributed by atoms with Crippen molar-refractivity contribution in [1.82, 2.24) is 0 Å². The summed E-state index contributed by atoms with van der Waals surface area (Å²) in [4.78, 5) is 0.286. The normalized spacial score (nSPS) is 11.0. The van der Waals surface area contributed by atoms with E-state index in [9.17, 15) is 0 Å². The Morgan fingerprint density at radius 2 is 1.05 bits per heavy atom. The maximum atomic E-state index is 3.82. The lowest BCUT2D eigenvalue weighted by Gasteiger charge is -2.12. The molecule has 0 aliphatic carbocycles. The molecular formula is C19H23Br. The zero-order chi connectivity index (χ0) is 14.4. The molecule has 0 spiro atoms. The maximum Gasteiger partial charge on any atom is 0.0644 e. The average molecular weight is 331 g/mol. The third-order valence-corrected chi connectivity index (χ3v) is 4.68. The first-order valence-electron chi connectivity index (χ1n) is 7.56. The van der Waals surface area contributed by atoms with Gasteiger partial charge < -0.3 is 0 Å². The van der Waals surface area contributed by atoms with Gasteiger partial charge in [0.05, 0.1) is 4.83 Å². The first-order chi connectivity index (χ1) is 9.74. The van der Waals surface area contributed by atoms with Crippen LogP contribution in [0.15, 0.2) is 48.5 Å². The summed E-state index contributed by atoms with van der Waals surface area (Å²) in [7, 11) is 0. The molecular weight excluding hydrogens is 308 g/mol. The van der Waals surface area contributed by atoms with Crippen molar-refractivity contribution < 1.29 is 0 Å². The lowest BCUT2D eigenvalue weighted by Crippen LogP contribution is -1.94. The van der Waals surface area contributed by atoms with Crippen LogP contribution < -0.4 is 0 Å². The third kappa shape index (κ3) is 3.96. The minimum absolute atomic E-state index is 0.286. The summed E-state index contributed by atoms with van der Waals surface area (Å²) in [6, 6.07) is 18.0. The second-order valence-electron chi connectivity index (χ2n) is 5.35. The van der Waals surface area contributed by atoms with E-state index >= 15 is 0 Å². The van der Waals surface area contributed by atoms with Gasteiger partial charge >= 0.3 is 0 Å². The number of halogens is 1. The Morgan fingerprint density at radius 1 is 0.700 bits per heavy atom. The van der Waals surface area contributed by atoms with Crippen molar-refractivity contribution >= 4 is 15.9 Å². The summed E-state index contributed by atoms with van der Waals surface area (Å²) in [6.07, 6.45) is 4.74. The molecule has 106 valence electrons. The molecule has 2 aromatic carbocycles. The maximum absolute atomic E-state index is 3.82. The molecule has 0 bridgehead atoms. The van der Waals surface area contributed by atoms with Gasteiger partial charge in [0, 0.05) is 0 Å². The number of hydrogen-bond donors (Lipinski definition) is 0. The van der Waals surface area contributed by atoms with E-state index in [1.165, 1.54) is 47.9 Å². The van der Waals surface area contributed by atoms with Crippen molar-refractivity contribution in [2.45, 2.75) is 44.4 Å². The molecule has 0 aliphatic rings. The summed E-state index contributed by atoms with van der Waals surface area (Å²) in [5.74, 6) is 0. The molecule has 0 aliphatic heterocycles. The molecule has 0 unspecified atom stereocenters. The molecule has 0 atom stereocenters. The van der Waals surface area contributed by atoms with E-state index in [2.05, 4.69) is 78.3 Å². The highest BCUT2D eigenvalue weighted by atomic mass is 79.9. The van der Waals surface area contributed by atoms with Crippen molar-refractivity contribution in [1.29, 1.82) is 0 Å². The summed E-state index contributed by atoms with van der Waals surface area (Å²) in [5, 5.41) is 0. The summed E-state index contributed by atoms with van der Waals surface area (Å²) in [6.45, 7) is 4.44. The molecule has 0 fully saturated rings. The first-order valence-corrected chi connectivity index (χ1v) is 8.48. The van der Waals surface area contributed by atoms with E-state index in [-0.39, 0.29) is 4.83 Å². The Kier molecular flexibility index (Phi) is 5.85. The largest absolute Gasteiger partial charge is 0.0786 e. The zero-order valence-electron chi connectivity index (χ0n) is 12.4. The lowest BCUT2D eigenvalue weighted by molar-refractivity contribution is 0.918. The molecule has 2 rings (SSSR count). The number of benzene rings is 2. The van der Waals surface area contributed by atoms with Crippen LogP contribution >= 0.6 is 15.9 Å². The molecule has 0 amide bonds. The van der Waals surface area contributed by atoms with Gasteiger partial charge in [-0.1, -0.05) is 91.1 Å². The van der Waals surface area contributed by atoms with Crippen LogP contribution in [0.25, 0.3) is 0 Å². The van der Waals surface area contributed by atoms with E-state index in [0.717, 1.165) is 0 Å². The van der Waals surface area contributed by atoms with Crippen LogP contribution in [0.3, 0.4) is 0 Å². The van der Waals surface area contributed by atoms with Gasteiger partial charge in [-0.3, -0.25) is 0 Å². The van der Waals surface area contributed by atoms with Crippen LogP contribution in [-0.4, -0.2) is 0 Å². The van der Waals surface area contributed by atoms with Gasteiger partial charge in [0.15, 0.2) is 0 Å². The monoisotopic (exact) mass is 330 g/mol. The second-order valence-corrected chi connectivity index (χ2v) is 6.26. The van der Waals surface area contributed by atoms with Gasteiger partial charge in [0.1, 0.15) is 0 Å². The quantitative estimate of drug-likeness (QED) is 0.563. The van der Waals surface area contributed by atoms with E-state index in [4.69, 9.17) is 0 Å². The van der Waals surface area contributed by atoms with E-state index in [1.807, 2.05) is 0 Å². The topological polar surface area (TPSA) is 0 Å². The predicted octanol–water partition coefficient (Wildman–Crippen LogP) is 6.08. The highest BCUT2D eigenvalue weighted by Crippen LogP contribution is 2.31. The molecule has 0 heterocycles. The number of alkyl halides is 1. The number of rotatable bonds is 6. The second kappa shape index (κ2) is 7.64. The van der Waals surface area contributed by atoms with Crippen LogP contribution in [-0.2, 0) is 12.8 Å². The molecule has 0 saturated heterocycles. The van der Waals surface area contributed by atoms with Gasteiger partial charge in [-0.15, -0.1) is 0 Å². The summed E-state index contributed by atoms with van der Waals surface area (Å²) >= 11 is 3.82. The SMILES string of the molecule is CCCc1ccc(C(Br)c2ccc(CCC)cc2)cc1. The third-order valence-electron chi connectivity index (χ3n) is 3.62. The minimum Gasteiger partial charge on any atom is -0.0786 e. The van der Waals surface area contributed by atoms with E-state index in [1.54, 1.807) is 0 Å². The number of aryl methyl sites for hydroxylation is 2. The van der Waals surface area contributed by atoms with E-state index in [0.29, 0.717) is 0 Å². The predicted molar refractivity (Wildman–Crippen MR) is 91.6 cm³/mol. The Morgan fingerprint density at radius 3 is 1.35 bits per heavy atom. The molecule has 2 aromatic rings. The smallest absolute Gasteiger partial charge is 0.0644 e. The molecule has 0 aromatic heterocycles. The van der Waals surface area contributed by atoms with Crippen molar-refractivity contribution in [3.63, 3.8) is 0 Å². The minimum atomic E-state index is 0.286. The van der Waals surface area contributed by atoms with Gasteiger partial charge in [-0.05, 0) is 35.1 Å².